The number of halogens is 2. The second kappa shape index (κ2) is 8.05. The fourth-order valence-corrected chi connectivity index (χ4v) is 3.58. The number of rotatable bonds is 5. The van der Waals surface area contributed by atoms with Gasteiger partial charge in [-0.15, -0.1) is 12.4 Å². The number of carbonyl (C=O) groups is 1. The van der Waals surface area contributed by atoms with Gasteiger partial charge in [0, 0.05) is 25.7 Å². The lowest BCUT2D eigenvalue weighted by atomic mass is 10.2. The molecule has 2 rings (SSSR count). The standard InChI is InChI=1S/C14H20FN3O3S.ClH/c1-10(9-16)17-22(20,21)11-4-5-12(13(15)8-11)14(19)18-6-2-3-7-18;/h4-5,8,10,17H,2-3,6-7,9,16H2,1H3;1H/t10-;/m0./s1. The van der Waals surface area contributed by atoms with Crippen molar-refractivity contribution >= 4 is 28.3 Å². The van der Waals surface area contributed by atoms with Gasteiger partial charge in [-0.2, -0.15) is 0 Å². The van der Waals surface area contributed by atoms with Crippen molar-refractivity contribution in [2.45, 2.75) is 30.7 Å². The second-order valence-electron chi connectivity index (χ2n) is 5.40. The molecule has 9 heteroatoms. The highest BCUT2D eigenvalue weighted by Gasteiger charge is 2.24. The van der Waals surface area contributed by atoms with Crippen molar-refractivity contribution in [3.05, 3.63) is 29.6 Å². The number of nitrogens with two attached hydrogens (primary N) is 1. The SMILES string of the molecule is C[C@@H](CN)NS(=O)(=O)c1ccc(C(=O)N2CCCC2)c(F)c1.Cl. The monoisotopic (exact) mass is 365 g/mol. The highest BCUT2D eigenvalue weighted by molar-refractivity contribution is 7.89. The first-order valence-corrected chi connectivity index (χ1v) is 8.64. The number of sulfonamides is 1. The molecule has 0 aromatic heterocycles. The van der Waals surface area contributed by atoms with Gasteiger partial charge in [-0.3, -0.25) is 4.79 Å². The van der Waals surface area contributed by atoms with Gasteiger partial charge in [0.2, 0.25) is 10.0 Å². The molecule has 3 N–H and O–H groups in total. The van der Waals surface area contributed by atoms with E-state index in [-0.39, 0.29) is 29.4 Å². The molecule has 1 heterocycles. The molecule has 23 heavy (non-hydrogen) atoms. The molecule has 6 nitrogen and oxygen atoms in total. The Morgan fingerprint density at radius 1 is 1.39 bits per heavy atom. The maximum atomic E-state index is 14.1. The largest absolute Gasteiger partial charge is 0.339 e. The first-order chi connectivity index (χ1) is 10.3. The molecule has 0 unspecified atom stereocenters. The molecule has 1 aliphatic heterocycles. The number of amides is 1. The lowest BCUT2D eigenvalue weighted by molar-refractivity contribution is 0.0788. The number of nitrogens with zero attached hydrogens (tertiary/aromatic N) is 1. The molecule has 0 radical (unpaired) electrons. The van der Waals surface area contributed by atoms with Crippen molar-refractivity contribution in [2.24, 2.45) is 5.73 Å². The van der Waals surface area contributed by atoms with Crippen molar-refractivity contribution in [2.75, 3.05) is 19.6 Å². The molecular formula is C14H21ClFN3O3S. The number of likely N-dealkylation sites (tertiary alicyclic amines) is 1. The molecule has 1 fully saturated rings. The van der Waals surface area contributed by atoms with Gasteiger partial charge in [0.15, 0.2) is 0 Å². The van der Waals surface area contributed by atoms with Gasteiger partial charge in [0.25, 0.3) is 5.91 Å². The Morgan fingerprint density at radius 2 is 2.00 bits per heavy atom. The van der Waals surface area contributed by atoms with E-state index in [4.69, 9.17) is 5.73 Å². The van der Waals surface area contributed by atoms with E-state index in [1.54, 1.807) is 11.8 Å². The first kappa shape index (κ1) is 19.8. The Bertz CT molecular complexity index is 663. The summed E-state index contributed by atoms with van der Waals surface area (Å²) in [6.07, 6.45) is 1.81. The average molecular weight is 366 g/mol. The van der Waals surface area contributed by atoms with Crippen LogP contribution in [-0.4, -0.2) is 44.9 Å². The van der Waals surface area contributed by atoms with Crippen LogP contribution < -0.4 is 10.5 Å². The normalized spacial score (nSPS) is 16.0. The third-order valence-corrected chi connectivity index (χ3v) is 5.17. The summed E-state index contributed by atoms with van der Waals surface area (Å²) in [5, 5.41) is 0. The predicted octanol–water partition coefficient (Wildman–Crippen LogP) is 1.11. The Kier molecular flexibility index (Phi) is 6.94. The number of nitrogens with one attached hydrogen (secondary N) is 1. The second-order valence-corrected chi connectivity index (χ2v) is 7.11. The summed E-state index contributed by atoms with van der Waals surface area (Å²) in [5.74, 6) is -1.23. The van der Waals surface area contributed by atoms with Crippen molar-refractivity contribution in [1.82, 2.24) is 9.62 Å². The van der Waals surface area contributed by atoms with Crippen LogP contribution in [0.3, 0.4) is 0 Å². The summed E-state index contributed by atoms with van der Waals surface area (Å²) in [6.45, 7) is 2.95. The molecule has 130 valence electrons. The molecule has 0 saturated carbocycles. The van der Waals surface area contributed by atoms with Crippen molar-refractivity contribution < 1.29 is 17.6 Å². The molecular weight excluding hydrogens is 345 g/mol. The third-order valence-electron chi connectivity index (χ3n) is 3.58. The van der Waals surface area contributed by atoms with Crippen LogP contribution in [0.2, 0.25) is 0 Å². The summed E-state index contributed by atoms with van der Waals surface area (Å²) < 4.78 is 40.6. The van der Waals surface area contributed by atoms with Crippen LogP contribution in [0.5, 0.6) is 0 Å². The van der Waals surface area contributed by atoms with E-state index in [1.807, 2.05) is 0 Å². The summed E-state index contributed by atoms with van der Waals surface area (Å²) in [7, 11) is -3.85. The zero-order chi connectivity index (χ0) is 16.3. The van der Waals surface area contributed by atoms with Crippen molar-refractivity contribution in [3.8, 4) is 0 Å². The number of hydrogen-bond donors (Lipinski definition) is 2. The van der Waals surface area contributed by atoms with E-state index in [0.29, 0.717) is 13.1 Å². The molecule has 0 spiro atoms. The Hall–Kier alpha value is -1.22. The van der Waals surface area contributed by atoms with Crippen LogP contribution in [0.15, 0.2) is 23.1 Å². The Balaban J connectivity index is 0.00000264. The lowest BCUT2D eigenvalue weighted by Gasteiger charge is -2.16. The van der Waals surface area contributed by atoms with E-state index in [2.05, 4.69) is 4.72 Å². The van der Waals surface area contributed by atoms with Crippen LogP contribution in [0.1, 0.15) is 30.1 Å². The number of carbonyl (C=O) groups excluding carboxylic acids is 1. The van der Waals surface area contributed by atoms with Crippen LogP contribution >= 0.6 is 12.4 Å². The van der Waals surface area contributed by atoms with Gasteiger partial charge >= 0.3 is 0 Å². The van der Waals surface area contributed by atoms with Gasteiger partial charge in [-0.1, -0.05) is 0 Å². The molecule has 0 aliphatic carbocycles. The average Bonchev–Trinajstić information content (AvgIpc) is 3.00. The van der Waals surface area contributed by atoms with E-state index in [1.165, 1.54) is 12.1 Å². The molecule has 1 atom stereocenters. The first-order valence-electron chi connectivity index (χ1n) is 7.16. The van der Waals surface area contributed by atoms with E-state index < -0.39 is 27.8 Å². The van der Waals surface area contributed by atoms with Gasteiger partial charge in [-0.05, 0) is 38.0 Å². The smallest absolute Gasteiger partial charge is 0.256 e. The molecule has 1 saturated heterocycles. The van der Waals surface area contributed by atoms with Crippen molar-refractivity contribution in [3.63, 3.8) is 0 Å². The summed E-state index contributed by atoms with van der Waals surface area (Å²) in [5.41, 5.74) is 5.27. The fraction of sp³-hybridized carbons (Fsp3) is 0.500. The third kappa shape index (κ3) is 4.63. The maximum absolute atomic E-state index is 14.1. The van der Waals surface area contributed by atoms with E-state index in [0.717, 1.165) is 18.9 Å². The Morgan fingerprint density at radius 3 is 2.52 bits per heavy atom. The zero-order valence-corrected chi connectivity index (χ0v) is 14.4. The molecule has 0 bridgehead atoms. The molecule has 1 aliphatic rings. The van der Waals surface area contributed by atoms with Gasteiger partial charge in [-0.25, -0.2) is 17.5 Å². The van der Waals surface area contributed by atoms with E-state index in [9.17, 15) is 17.6 Å². The molecule has 1 aromatic rings. The fourth-order valence-electron chi connectivity index (χ4n) is 2.31. The number of hydrogen-bond acceptors (Lipinski definition) is 4. The van der Waals surface area contributed by atoms with Gasteiger partial charge in [0.05, 0.1) is 10.5 Å². The topological polar surface area (TPSA) is 92.5 Å². The van der Waals surface area contributed by atoms with E-state index >= 15 is 0 Å². The van der Waals surface area contributed by atoms with Crippen LogP contribution in [0.4, 0.5) is 4.39 Å². The van der Waals surface area contributed by atoms with Crippen LogP contribution in [0, 0.1) is 5.82 Å². The Labute approximate surface area is 141 Å². The summed E-state index contributed by atoms with van der Waals surface area (Å²) in [6, 6.07) is 2.86. The van der Waals surface area contributed by atoms with Gasteiger partial charge in [0.1, 0.15) is 5.82 Å². The maximum Gasteiger partial charge on any atom is 0.256 e. The molecule has 1 amide bonds. The van der Waals surface area contributed by atoms with Crippen LogP contribution in [-0.2, 0) is 10.0 Å². The highest BCUT2D eigenvalue weighted by Crippen LogP contribution is 2.19. The minimum absolute atomic E-state index is 0. The van der Waals surface area contributed by atoms with Crippen LogP contribution in [0.25, 0.3) is 0 Å². The zero-order valence-electron chi connectivity index (χ0n) is 12.8. The molecule has 1 aromatic carbocycles. The minimum Gasteiger partial charge on any atom is -0.339 e. The predicted molar refractivity (Wildman–Crippen MR) is 87.6 cm³/mol. The summed E-state index contributed by atoms with van der Waals surface area (Å²) >= 11 is 0. The lowest BCUT2D eigenvalue weighted by Crippen LogP contribution is -2.37. The quantitative estimate of drug-likeness (QED) is 0.817. The highest BCUT2D eigenvalue weighted by atomic mass is 35.5. The van der Waals surface area contributed by atoms with Crippen molar-refractivity contribution in [1.29, 1.82) is 0 Å². The number of benzene rings is 1. The van der Waals surface area contributed by atoms with Gasteiger partial charge < -0.3 is 10.6 Å². The summed E-state index contributed by atoms with van der Waals surface area (Å²) in [4.78, 5) is 13.5. The minimum atomic E-state index is -3.85.